The molecule has 26 heavy (non-hydrogen) atoms. The number of anilines is 1. The summed E-state index contributed by atoms with van der Waals surface area (Å²) in [6.45, 7) is 0. The molecular weight excluding hydrogens is 340 g/mol. The smallest absolute Gasteiger partial charge is 0.257 e. The molecule has 0 fully saturated rings. The first-order chi connectivity index (χ1) is 12.8. The maximum Gasteiger partial charge on any atom is 0.257 e. The zero-order chi connectivity index (χ0) is 17.5. The standard InChI is InChI=1S/C22H14N2OS/c25-21(17-10-9-14-5-1-2-7-16(14)13-17)24-22-23-19-12-11-15-6-3-4-8-18(15)20(19)26-22/h1-13H,(H,23,24,25). The van der Waals surface area contributed by atoms with Crippen LogP contribution in [0.2, 0.25) is 0 Å². The molecule has 4 heteroatoms. The lowest BCUT2D eigenvalue weighted by atomic mass is 10.1. The van der Waals surface area contributed by atoms with E-state index in [1.165, 1.54) is 16.7 Å². The number of aromatic nitrogens is 1. The highest BCUT2D eigenvalue weighted by molar-refractivity contribution is 7.23. The minimum atomic E-state index is -0.140. The average Bonchev–Trinajstić information content (AvgIpc) is 3.10. The fraction of sp³-hybridized carbons (Fsp3) is 0. The number of amides is 1. The van der Waals surface area contributed by atoms with Gasteiger partial charge in [0.1, 0.15) is 0 Å². The number of benzene rings is 4. The third-order valence-electron chi connectivity index (χ3n) is 4.51. The van der Waals surface area contributed by atoms with Gasteiger partial charge in [-0.25, -0.2) is 4.98 Å². The van der Waals surface area contributed by atoms with Crippen LogP contribution in [0.3, 0.4) is 0 Å². The van der Waals surface area contributed by atoms with Crippen LogP contribution < -0.4 is 5.32 Å². The number of nitrogens with one attached hydrogen (secondary N) is 1. The van der Waals surface area contributed by atoms with E-state index in [-0.39, 0.29) is 5.91 Å². The first kappa shape index (κ1) is 15.0. The predicted octanol–water partition coefficient (Wildman–Crippen LogP) is 5.86. The van der Waals surface area contributed by atoms with Crippen molar-refractivity contribution in [3.05, 3.63) is 84.4 Å². The summed E-state index contributed by atoms with van der Waals surface area (Å²) in [7, 11) is 0. The van der Waals surface area contributed by atoms with Gasteiger partial charge in [0, 0.05) is 10.9 Å². The average molecular weight is 354 g/mol. The molecule has 1 heterocycles. The van der Waals surface area contributed by atoms with Gasteiger partial charge in [0.05, 0.1) is 10.2 Å². The maximum absolute atomic E-state index is 12.7. The molecule has 4 aromatic carbocycles. The van der Waals surface area contributed by atoms with Gasteiger partial charge in [-0.1, -0.05) is 72.0 Å². The second-order valence-corrected chi connectivity index (χ2v) is 7.17. The minimum Gasteiger partial charge on any atom is -0.298 e. The normalized spacial score (nSPS) is 11.2. The van der Waals surface area contributed by atoms with Gasteiger partial charge in [-0.3, -0.25) is 10.1 Å². The van der Waals surface area contributed by atoms with Crippen molar-refractivity contribution in [1.82, 2.24) is 4.98 Å². The monoisotopic (exact) mass is 354 g/mol. The van der Waals surface area contributed by atoms with Crippen molar-refractivity contribution < 1.29 is 4.79 Å². The Hall–Kier alpha value is -3.24. The van der Waals surface area contributed by atoms with Gasteiger partial charge in [0.15, 0.2) is 5.13 Å². The number of carbonyl (C=O) groups is 1. The number of carbonyl (C=O) groups excluding carboxylic acids is 1. The van der Waals surface area contributed by atoms with Gasteiger partial charge in [-0.2, -0.15) is 0 Å². The van der Waals surface area contributed by atoms with Crippen LogP contribution in [0, 0.1) is 0 Å². The van der Waals surface area contributed by atoms with Gasteiger partial charge >= 0.3 is 0 Å². The molecule has 0 saturated heterocycles. The van der Waals surface area contributed by atoms with Gasteiger partial charge in [-0.15, -0.1) is 0 Å². The van der Waals surface area contributed by atoms with Gasteiger partial charge in [-0.05, 0) is 34.4 Å². The summed E-state index contributed by atoms with van der Waals surface area (Å²) in [5.41, 5.74) is 1.54. The summed E-state index contributed by atoms with van der Waals surface area (Å²) >= 11 is 1.51. The second-order valence-electron chi connectivity index (χ2n) is 6.17. The lowest BCUT2D eigenvalue weighted by Crippen LogP contribution is -2.11. The maximum atomic E-state index is 12.7. The van der Waals surface area contributed by atoms with Crippen molar-refractivity contribution in [2.24, 2.45) is 0 Å². The largest absolute Gasteiger partial charge is 0.298 e. The molecule has 5 aromatic rings. The predicted molar refractivity (Wildman–Crippen MR) is 109 cm³/mol. The Morgan fingerprint density at radius 3 is 2.42 bits per heavy atom. The molecule has 0 unspecified atom stereocenters. The van der Waals surface area contributed by atoms with E-state index >= 15 is 0 Å². The van der Waals surface area contributed by atoms with E-state index in [9.17, 15) is 4.79 Å². The quantitative estimate of drug-likeness (QED) is 0.432. The Labute approximate surface area is 153 Å². The first-order valence-electron chi connectivity index (χ1n) is 8.36. The SMILES string of the molecule is O=C(Nc1nc2ccc3ccccc3c2s1)c1ccc2ccccc2c1. The third-order valence-corrected chi connectivity index (χ3v) is 5.53. The summed E-state index contributed by atoms with van der Waals surface area (Å²) in [6, 6.07) is 26.0. The summed E-state index contributed by atoms with van der Waals surface area (Å²) in [4.78, 5) is 17.2. The molecule has 124 valence electrons. The highest BCUT2D eigenvalue weighted by Crippen LogP contribution is 2.32. The highest BCUT2D eigenvalue weighted by atomic mass is 32.1. The molecule has 0 atom stereocenters. The fourth-order valence-corrected chi connectivity index (χ4v) is 4.20. The Kier molecular flexibility index (Phi) is 3.43. The lowest BCUT2D eigenvalue weighted by molar-refractivity contribution is 0.102. The molecule has 1 amide bonds. The number of hydrogen-bond donors (Lipinski definition) is 1. The molecule has 0 spiro atoms. The van der Waals surface area contributed by atoms with Gasteiger partial charge < -0.3 is 0 Å². The molecule has 0 aliphatic carbocycles. The lowest BCUT2D eigenvalue weighted by Gasteiger charge is -2.03. The van der Waals surface area contributed by atoms with Crippen molar-refractivity contribution in [2.45, 2.75) is 0 Å². The molecule has 0 aliphatic rings. The molecule has 1 N–H and O–H groups in total. The summed E-state index contributed by atoms with van der Waals surface area (Å²) in [6.07, 6.45) is 0. The number of rotatable bonds is 2. The molecule has 5 rings (SSSR count). The van der Waals surface area contributed by atoms with Crippen LogP contribution in [0.1, 0.15) is 10.4 Å². The van der Waals surface area contributed by atoms with Crippen LogP contribution in [0.5, 0.6) is 0 Å². The van der Waals surface area contributed by atoms with Crippen LogP contribution >= 0.6 is 11.3 Å². The second kappa shape index (κ2) is 5.93. The molecule has 0 aliphatic heterocycles. The van der Waals surface area contributed by atoms with Crippen molar-refractivity contribution in [2.75, 3.05) is 5.32 Å². The number of nitrogens with zero attached hydrogens (tertiary/aromatic N) is 1. The third kappa shape index (κ3) is 2.52. The van der Waals surface area contributed by atoms with Crippen LogP contribution in [-0.2, 0) is 0 Å². The Balaban J connectivity index is 1.51. The Morgan fingerprint density at radius 1 is 0.808 bits per heavy atom. The molecule has 0 radical (unpaired) electrons. The van der Waals surface area contributed by atoms with Crippen molar-refractivity contribution in [3.8, 4) is 0 Å². The Bertz CT molecular complexity index is 1290. The topological polar surface area (TPSA) is 42.0 Å². The molecule has 1 aromatic heterocycles. The Morgan fingerprint density at radius 2 is 1.54 bits per heavy atom. The van der Waals surface area contributed by atoms with Crippen molar-refractivity contribution >= 4 is 54.1 Å². The van der Waals surface area contributed by atoms with E-state index in [2.05, 4.69) is 28.5 Å². The van der Waals surface area contributed by atoms with Crippen LogP contribution in [0.15, 0.2) is 78.9 Å². The van der Waals surface area contributed by atoms with E-state index in [1.54, 1.807) is 0 Å². The first-order valence-corrected chi connectivity index (χ1v) is 9.18. The molecule has 0 bridgehead atoms. The van der Waals surface area contributed by atoms with Crippen LogP contribution in [0.4, 0.5) is 5.13 Å². The zero-order valence-corrected chi connectivity index (χ0v) is 14.6. The molecule has 0 saturated carbocycles. The van der Waals surface area contributed by atoms with Crippen molar-refractivity contribution in [3.63, 3.8) is 0 Å². The van der Waals surface area contributed by atoms with E-state index in [0.29, 0.717) is 10.7 Å². The molecule has 3 nitrogen and oxygen atoms in total. The van der Waals surface area contributed by atoms with Gasteiger partial charge in [0.2, 0.25) is 0 Å². The van der Waals surface area contributed by atoms with Crippen LogP contribution in [-0.4, -0.2) is 10.9 Å². The summed E-state index contributed by atoms with van der Waals surface area (Å²) < 4.78 is 1.09. The fourth-order valence-electron chi connectivity index (χ4n) is 3.21. The number of hydrogen-bond acceptors (Lipinski definition) is 3. The minimum absolute atomic E-state index is 0.140. The number of fused-ring (bicyclic) bond motifs is 4. The summed E-state index contributed by atoms with van der Waals surface area (Å²) in [5.74, 6) is -0.140. The van der Waals surface area contributed by atoms with E-state index < -0.39 is 0 Å². The van der Waals surface area contributed by atoms with E-state index in [1.807, 2.05) is 60.7 Å². The highest BCUT2D eigenvalue weighted by Gasteiger charge is 2.12. The number of thiazole rings is 1. The van der Waals surface area contributed by atoms with Crippen LogP contribution in [0.25, 0.3) is 31.8 Å². The van der Waals surface area contributed by atoms with Gasteiger partial charge in [0.25, 0.3) is 5.91 Å². The van der Waals surface area contributed by atoms with E-state index in [0.717, 1.165) is 26.4 Å². The molecular formula is C22H14N2OS. The van der Waals surface area contributed by atoms with E-state index in [4.69, 9.17) is 0 Å². The zero-order valence-electron chi connectivity index (χ0n) is 13.8. The summed E-state index contributed by atoms with van der Waals surface area (Å²) in [5, 5.41) is 8.08. The van der Waals surface area contributed by atoms with Crippen molar-refractivity contribution in [1.29, 1.82) is 0 Å².